The fourth-order valence-corrected chi connectivity index (χ4v) is 6.30. The third kappa shape index (κ3) is 7.72. The van der Waals surface area contributed by atoms with Crippen LogP contribution in [0, 0.1) is 0 Å². The van der Waals surface area contributed by atoms with Gasteiger partial charge in [-0.15, -0.1) is 0 Å². The van der Waals surface area contributed by atoms with Gasteiger partial charge in [-0.3, -0.25) is 9.98 Å². The quantitative estimate of drug-likeness (QED) is 0.101. The van der Waals surface area contributed by atoms with E-state index in [4.69, 9.17) is 10.2 Å². The fraction of sp³-hybridized carbons (Fsp3) is 0.130. The van der Waals surface area contributed by atoms with Gasteiger partial charge in [0.05, 0.1) is 13.1 Å². The van der Waals surface area contributed by atoms with Crippen molar-refractivity contribution in [3.05, 3.63) is 156 Å². The summed E-state index contributed by atoms with van der Waals surface area (Å²) in [5.74, 6) is 0.835. The lowest BCUT2D eigenvalue weighted by Crippen LogP contribution is -2.04. The lowest BCUT2D eigenvalue weighted by Gasteiger charge is -2.10. The molecule has 0 atom stereocenters. The van der Waals surface area contributed by atoms with Gasteiger partial charge in [-0.2, -0.15) is 0 Å². The van der Waals surface area contributed by atoms with Crippen LogP contribution in [0.5, 0.6) is 0 Å². The summed E-state index contributed by atoms with van der Waals surface area (Å²) < 4.78 is 6.10. The lowest BCUT2D eigenvalue weighted by atomic mass is 9.93. The van der Waals surface area contributed by atoms with Crippen molar-refractivity contribution in [2.24, 2.45) is 15.7 Å². The first-order valence-electron chi connectivity index (χ1n) is 16.9. The number of furan rings is 1. The molecular formula is C46H45N3O. The van der Waals surface area contributed by atoms with E-state index >= 15 is 0 Å². The summed E-state index contributed by atoms with van der Waals surface area (Å²) in [7, 11) is 0. The second-order valence-electron chi connectivity index (χ2n) is 11.9. The van der Waals surface area contributed by atoms with E-state index < -0.39 is 0 Å². The van der Waals surface area contributed by atoms with Crippen LogP contribution in [0.1, 0.15) is 37.7 Å². The molecule has 0 aliphatic rings. The van der Waals surface area contributed by atoms with Crippen LogP contribution in [-0.4, -0.2) is 20.0 Å². The second-order valence-corrected chi connectivity index (χ2v) is 11.9. The average Bonchev–Trinajstić information content (AvgIpc) is 3.55. The molecule has 0 spiro atoms. The molecule has 4 nitrogen and oxygen atoms in total. The molecule has 0 aliphatic heterocycles. The van der Waals surface area contributed by atoms with Crippen LogP contribution in [0.4, 0.5) is 0 Å². The van der Waals surface area contributed by atoms with Crippen LogP contribution in [0.2, 0.25) is 0 Å². The molecule has 6 aromatic carbocycles. The van der Waals surface area contributed by atoms with Crippen LogP contribution in [0.25, 0.3) is 66.6 Å². The molecule has 0 saturated carbocycles. The summed E-state index contributed by atoms with van der Waals surface area (Å²) in [5.41, 5.74) is 12.4. The standard InChI is InChI=1S/C27H21NO.C11H11N.C8H13N/c1-4-20-21-14-13-19(18-11-9-17(10-12-18)16-28-3)15-23(21)22-7-6-8-25-27(22)26(20)24(5-2)29-25;12-8-9-5-6-10-3-1-2-4-11(10)7-9;1-4-6-8(5-2)7-9-3/h4-15H,2-3,16H2,1H3;1-7H,8,12H2;4-6H,3,7H2,1-2H3/b20-4-;;6-4-,8-5+. The van der Waals surface area contributed by atoms with E-state index in [0.717, 1.165) is 23.3 Å². The van der Waals surface area contributed by atoms with Crippen molar-refractivity contribution >= 4 is 68.9 Å². The number of hydrogen-bond donors (Lipinski definition) is 1. The first-order valence-corrected chi connectivity index (χ1v) is 16.9. The maximum atomic E-state index is 6.10. The smallest absolute Gasteiger partial charge is 0.136 e. The molecule has 0 bridgehead atoms. The van der Waals surface area contributed by atoms with Gasteiger partial charge >= 0.3 is 0 Å². The van der Waals surface area contributed by atoms with Crippen molar-refractivity contribution in [1.82, 2.24) is 0 Å². The van der Waals surface area contributed by atoms with E-state index in [-0.39, 0.29) is 0 Å². The largest absolute Gasteiger partial charge is 0.456 e. The third-order valence-corrected chi connectivity index (χ3v) is 8.76. The number of benzene rings is 6. The van der Waals surface area contributed by atoms with Gasteiger partial charge < -0.3 is 10.2 Å². The Labute approximate surface area is 295 Å². The Balaban J connectivity index is 0.000000190. The zero-order valence-electron chi connectivity index (χ0n) is 29.3. The minimum Gasteiger partial charge on any atom is -0.456 e. The Kier molecular flexibility index (Phi) is 12.1. The topological polar surface area (TPSA) is 63.9 Å². The number of hydrogen-bond acceptors (Lipinski definition) is 4. The van der Waals surface area contributed by atoms with Crippen molar-refractivity contribution in [3.8, 4) is 11.1 Å². The Morgan fingerprint density at radius 3 is 2.12 bits per heavy atom. The molecule has 0 aliphatic carbocycles. The molecule has 7 rings (SSSR count). The summed E-state index contributed by atoms with van der Waals surface area (Å²) in [4.78, 5) is 7.72. The minimum absolute atomic E-state index is 0.616. The minimum atomic E-state index is 0.616. The van der Waals surface area contributed by atoms with Crippen molar-refractivity contribution in [3.63, 3.8) is 0 Å². The average molecular weight is 656 g/mol. The first-order chi connectivity index (χ1) is 24.5. The SMILES string of the molecule is C=Cc1oc2cccc3c4cc(-c5ccc(CN=C)cc5)ccc4/c(=C/C)c1c23.C=NCC(/C=C\C)=C/C.NCc1ccc2ccccc2c1. The van der Waals surface area contributed by atoms with Crippen molar-refractivity contribution in [1.29, 1.82) is 0 Å². The highest BCUT2D eigenvalue weighted by Gasteiger charge is 2.16. The van der Waals surface area contributed by atoms with E-state index in [1.54, 1.807) is 0 Å². The number of rotatable bonds is 8. The molecule has 1 heterocycles. The molecule has 0 amide bonds. The van der Waals surface area contributed by atoms with Crippen LogP contribution >= 0.6 is 0 Å². The predicted octanol–water partition coefficient (Wildman–Crippen LogP) is 11.3. The number of aliphatic imine (C=N–C) groups is 2. The molecule has 50 heavy (non-hydrogen) atoms. The number of nitrogens with zero attached hydrogens (tertiary/aromatic N) is 2. The van der Waals surface area contributed by atoms with Crippen LogP contribution in [-0.2, 0) is 13.1 Å². The van der Waals surface area contributed by atoms with Gasteiger partial charge in [0.1, 0.15) is 11.3 Å². The maximum Gasteiger partial charge on any atom is 0.136 e. The molecule has 1 aromatic heterocycles. The zero-order valence-corrected chi connectivity index (χ0v) is 29.3. The molecule has 0 unspecified atom stereocenters. The van der Waals surface area contributed by atoms with E-state index in [9.17, 15) is 0 Å². The highest BCUT2D eigenvalue weighted by Crippen LogP contribution is 2.36. The van der Waals surface area contributed by atoms with Gasteiger partial charge in [0.15, 0.2) is 0 Å². The van der Waals surface area contributed by atoms with Gasteiger partial charge in [-0.25, -0.2) is 0 Å². The van der Waals surface area contributed by atoms with Crippen molar-refractivity contribution in [2.45, 2.75) is 33.9 Å². The molecule has 0 radical (unpaired) electrons. The van der Waals surface area contributed by atoms with E-state index in [1.165, 1.54) is 65.4 Å². The molecule has 0 saturated heterocycles. The molecule has 2 N–H and O–H groups in total. The van der Waals surface area contributed by atoms with Gasteiger partial charge in [-0.1, -0.05) is 116 Å². The van der Waals surface area contributed by atoms with Gasteiger partial charge in [0, 0.05) is 17.3 Å². The summed E-state index contributed by atoms with van der Waals surface area (Å²) >= 11 is 0. The summed E-state index contributed by atoms with van der Waals surface area (Å²) in [6, 6.07) is 36.1. The fourth-order valence-electron chi connectivity index (χ4n) is 6.30. The van der Waals surface area contributed by atoms with E-state index in [0.29, 0.717) is 13.1 Å². The Morgan fingerprint density at radius 1 is 0.720 bits per heavy atom. The zero-order chi connectivity index (χ0) is 35.5. The van der Waals surface area contributed by atoms with E-state index in [2.05, 4.69) is 128 Å². The van der Waals surface area contributed by atoms with Crippen LogP contribution in [0.15, 0.2) is 148 Å². The Hall–Kier alpha value is -5.84. The van der Waals surface area contributed by atoms with Gasteiger partial charge in [-0.05, 0) is 118 Å². The normalized spacial score (nSPS) is 11.8. The molecule has 250 valence electrons. The molecule has 4 heteroatoms. The molecule has 0 fully saturated rings. The Morgan fingerprint density at radius 2 is 1.46 bits per heavy atom. The van der Waals surface area contributed by atoms with Crippen molar-refractivity contribution < 1.29 is 4.42 Å². The first kappa shape index (κ1) is 35.5. The van der Waals surface area contributed by atoms with Gasteiger partial charge in [0.2, 0.25) is 0 Å². The molecule has 7 aromatic rings. The number of nitrogens with two attached hydrogens (primary N) is 1. The highest BCUT2D eigenvalue weighted by atomic mass is 16.3. The van der Waals surface area contributed by atoms with Crippen LogP contribution in [0.3, 0.4) is 0 Å². The molecular weight excluding hydrogens is 611 g/mol. The predicted molar refractivity (Wildman–Crippen MR) is 220 cm³/mol. The monoisotopic (exact) mass is 655 g/mol. The summed E-state index contributed by atoms with van der Waals surface area (Å²) in [6.45, 7) is 19.0. The Bertz CT molecular complexity index is 2390. The van der Waals surface area contributed by atoms with E-state index in [1.807, 2.05) is 56.4 Å². The van der Waals surface area contributed by atoms with Crippen molar-refractivity contribution in [2.75, 3.05) is 6.54 Å². The number of fused-ring (bicyclic) bond motifs is 3. The second kappa shape index (κ2) is 17.0. The number of allylic oxidation sites excluding steroid dienone is 2. The lowest BCUT2D eigenvalue weighted by molar-refractivity contribution is 0.608. The maximum absolute atomic E-state index is 6.10. The van der Waals surface area contributed by atoms with Gasteiger partial charge in [0.25, 0.3) is 0 Å². The van der Waals surface area contributed by atoms with Crippen LogP contribution < -0.4 is 11.0 Å². The summed E-state index contributed by atoms with van der Waals surface area (Å²) in [5, 5.41) is 9.74. The summed E-state index contributed by atoms with van der Waals surface area (Å²) in [6.07, 6.45) is 10.0. The highest BCUT2D eigenvalue weighted by molar-refractivity contribution is 6.22. The third-order valence-electron chi connectivity index (χ3n) is 8.76.